The zero-order valence-electron chi connectivity index (χ0n) is 16.6. The van der Waals surface area contributed by atoms with Crippen LogP contribution in [0.25, 0.3) is 5.57 Å². The standard InChI is InChI=1S/C23H23FO5/c1-4-29-23(26)22-19(18-13-17(27-2)9-10-21(18)28-3)11-15(12-20(22)25)14-5-7-16(24)8-6-14/h5-10,12-13,19,22H,4,11H2,1-3H3/t19-,22+/m0/s1. The summed E-state index contributed by atoms with van der Waals surface area (Å²) in [5.41, 5.74) is 2.14. The summed E-state index contributed by atoms with van der Waals surface area (Å²) in [7, 11) is 3.08. The first-order chi connectivity index (χ1) is 14.0. The summed E-state index contributed by atoms with van der Waals surface area (Å²) in [6, 6.07) is 11.2. The van der Waals surface area contributed by atoms with Crippen LogP contribution in [0, 0.1) is 11.7 Å². The van der Waals surface area contributed by atoms with E-state index >= 15 is 0 Å². The normalized spacial score (nSPS) is 18.8. The highest BCUT2D eigenvalue weighted by molar-refractivity contribution is 6.10. The zero-order chi connectivity index (χ0) is 21.0. The van der Waals surface area contributed by atoms with Gasteiger partial charge in [0.05, 0.1) is 20.8 Å². The molecule has 0 spiro atoms. The Morgan fingerprint density at radius 1 is 1.10 bits per heavy atom. The number of carbonyl (C=O) groups excluding carboxylic acids is 2. The molecule has 0 saturated heterocycles. The second-order valence-electron chi connectivity index (χ2n) is 6.73. The summed E-state index contributed by atoms with van der Waals surface area (Å²) in [5, 5.41) is 0. The van der Waals surface area contributed by atoms with Gasteiger partial charge in [-0.1, -0.05) is 12.1 Å². The Morgan fingerprint density at radius 2 is 1.83 bits per heavy atom. The molecule has 0 fully saturated rings. The maximum absolute atomic E-state index is 13.3. The van der Waals surface area contributed by atoms with E-state index in [0.717, 1.165) is 11.1 Å². The topological polar surface area (TPSA) is 61.8 Å². The number of esters is 1. The van der Waals surface area contributed by atoms with Crippen LogP contribution in [0.15, 0.2) is 48.5 Å². The molecule has 2 aromatic carbocycles. The monoisotopic (exact) mass is 398 g/mol. The number of ether oxygens (including phenoxy) is 3. The molecule has 0 amide bonds. The number of methoxy groups -OCH3 is 2. The number of rotatable bonds is 6. The molecule has 0 saturated carbocycles. The fourth-order valence-electron chi connectivity index (χ4n) is 3.67. The highest BCUT2D eigenvalue weighted by Crippen LogP contribution is 2.44. The fraction of sp³-hybridized carbons (Fsp3) is 0.304. The number of ketones is 1. The molecule has 0 bridgehead atoms. The van der Waals surface area contributed by atoms with Gasteiger partial charge in [0.1, 0.15) is 23.2 Å². The van der Waals surface area contributed by atoms with Crippen molar-refractivity contribution in [3.05, 3.63) is 65.5 Å². The first-order valence-electron chi connectivity index (χ1n) is 9.37. The number of benzene rings is 2. The number of hydrogen-bond donors (Lipinski definition) is 0. The minimum atomic E-state index is -0.986. The van der Waals surface area contributed by atoms with Crippen molar-refractivity contribution in [2.45, 2.75) is 19.3 Å². The van der Waals surface area contributed by atoms with Gasteiger partial charge >= 0.3 is 5.97 Å². The lowest BCUT2D eigenvalue weighted by Gasteiger charge is -2.30. The van der Waals surface area contributed by atoms with Crippen LogP contribution in [-0.2, 0) is 14.3 Å². The van der Waals surface area contributed by atoms with Gasteiger partial charge in [0.25, 0.3) is 0 Å². The smallest absolute Gasteiger partial charge is 0.317 e. The van der Waals surface area contributed by atoms with E-state index in [9.17, 15) is 14.0 Å². The maximum Gasteiger partial charge on any atom is 0.317 e. The van der Waals surface area contributed by atoms with Crippen LogP contribution in [0.4, 0.5) is 4.39 Å². The molecule has 0 heterocycles. The van der Waals surface area contributed by atoms with Crippen LogP contribution in [0.5, 0.6) is 11.5 Å². The van der Waals surface area contributed by atoms with E-state index in [0.29, 0.717) is 23.5 Å². The molecule has 0 aromatic heterocycles. The van der Waals surface area contributed by atoms with Crippen LogP contribution in [0.2, 0.25) is 0 Å². The molecule has 1 aliphatic carbocycles. The Bertz CT molecular complexity index is 933. The Kier molecular flexibility index (Phi) is 6.32. The van der Waals surface area contributed by atoms with Crippen LogP contribution in [0.3, 0.4) is 0 Å². The van der Waals surface area contributed by atoms with Gasteiger partial charge in [-0.05, 0) is 60.9 Å². The van der Waals surface area contributed by atoms with Crippen LogP contribution in [-0.4, -0.2) is 32.6 Å². The quantitative estimate of drug-likeness (QED) is 0.540. The van der Waals surface area contributed by atoms with Crippen molar-refractivity contribution in [1.82, 2.24) is 0 Å². The van der Waals surface area contributed by atoms with Gasteiger partial charge in [0.15, 0.2) is 5.78 Å². The average Bonchev–Trinajstić information content (AvgIpc) is 2.73. The highest BCUT2D eigenvalue weighted by atomic mass is 19.1. The van der Waals surface area contributed by atoms with E-state index in [-0.39, 0.29) is 18.2 Å². The summed E-state index contributed by atoms with van der Waals surface area (Å²) in [6.45, 7) is 1.88. The van der Waals surface area contributed by atoms with Crippen molar-refractivity contribution in [2.24, 2.45) is 5.92 Å². The molecule has 2 aromatic rings. The zero-order valence-corrected chi connectivity index (χ0v) is 16.6. The van der Waals surface area contributed by atoms with Crippen LogP contribution in [0.1, 0.15) is 30.4 Å². The van der Waals surface area contributed by atoms with Gasteiger partial charge in [-0.15, -0.1) is 0 Å². The molecule has 0 unspecified atom stereocenters. The lowest BCUT2D eigenvalue weighted by atomic mass is 9.73. The van der Waals surface area contributed by atoms with Crippen molar-refractivity contribution in [1.29, 1.82) is 0 Å². The van der Waals surface area contributed by atoms with E-state index < -0.39 is 17.8 Å². The first-order valence-corrected chi connectivity index (χ1v) is 9.37. The lowest BCUT2D eigenvalue weighted by molar-refractivity contribution is -0.151. The minimum Gasteiger partial charge on any atom is -0.497 e. The molecule has 152 valence electrons. The third-order valence-electron chi connectivity index (χ3n) is 5.06. The number of carbonyl (C=O) groups is 2. The van der Waals surface area contributed by atoms with Crippen molar-refractivity contribution < 1.29 is 28.2 Å². The van der Waals surface area contributed by atoms with E-state index in [1.807, 2.05) is 0 Å². The largest absolute Gasteiger partial charge is 0.497 e. The van der Waals surface area contributed by atoms with Crippen molar-refractivity contribution in [3.63, 3.8) is 0 Å². The Balaban J connectivity index is 2.10. The third-order valence-corrected chi connectivity index (χ3v) is 5.06. The van der Waals surface area contributed by atoms with Crippen molar-refractivity contribution in [3.8, 4) is 11.5 Å². The number of halogens is 1. The molecule has 0 radical (unpaired) electrons. The Morgan fingerprint density at radius 3 is 2.45 bits per heavy atom. The summed E-state index contributed by atoms with van der Waals surface area (Å²) < 4.78 is 29.3. The van der Waals surface area contributed by atoms with E-state index in [2.05, 4.69) is 0 Å². The SMILES string of the molecule is CCOC(=O)[C@H]1C(=O)C=C(c2ccc(F)cc2)C[C@H]1c1cc(OC)ccc1OC. The Labute approximate surface area is 169 Å². The molecule has 0 aliphatic heterocycles. The molecule has 2 atom stereocenters. The predicted octanol–water partition coefficient (Wildman–Crippen LogP) is 4.16. The average molecular weight is 398 g/mol. The van der Waals surface area contributed by atoms with Gasteiger partial charge in [0.2, 0.25) is 0 Å². The van der Waals surface area contributed by atoms with Gasteiger partial charge in [-0.25, -0.2) is 4.39 Å². The molecular weight excluding hydrogens is 375 g/mol. The fourth-order valence-corrected chi connectivity index (χ4v) is 3.67. The van der Waals surface area contributed by atoms with Gasteiger partial charge < -0.3 is 14.2 Å². The summed E-state index contributed by atoms with van der Waals surface area (Å²) in [6.07, 6.45) is 1.85. The number of hydrogen-bond acceptors (Lipinski definition) is 5. The predicted molar refractivity (Wildman–Crippen MR) is 106 cm³/mol. The van der Waals surface area contributed by atoms with Crippen LogP contribution < -0.4 is 9.47 Å². The van der Waals surface area contributed by atoms with Crippen LogP contribution >= 0.6 is 0 Å². The van der Waals surface area contributed by atoms with Gasteiger partial charge in [-0.3, -0.25) is 9.59 Å². The molecule has 29 heavy (non-hydrogen) atoms. The third kappa shape index (κ3) is 4.31. The van der Waals surface area contributed by atoms with Crippen molar-refractivity contribution >= 4 is 17.3 Å². The molecule has 1 aliphatic rings. The first kappa shape index (κ1) is 20.6. The summed E-state index contributed by atoms with van der Waals surface area (Å²) >= 11 is 0. The van der Waals surface area contributed by atoms with Gasteiger partial charge in [0, 0.05) is 11.5 Å². The molecule has 6 heteroatoms. The molecular formula is C23H23FO5. The summed E-state index contributed by atoms with van der Waals surface area (Å²) in [4.78, 5) is 25.6. The summed E-state index contributed by atoms with van der Waals surface area (Å²) in [5.74, 6) is -1.61. The lowest BCUT2D eigenvalue weighted by Crippen LogP contribution is -2.34. The second-order valence-corrected chi connectivity index (χ2v) is 6.73. The van der Waals surface area contributed by atoms with Gasteiger partial charge in [-0.2, -0.15) is 0 Å². The highest BCUT2D eigenvalue weighted by Gasteiger charge is 2.41. The Hall–Kier alpha value is -3.15. The van der Waals surface area contributed by atoms with E-state index in [1.165, 1.54) is 25.3 Å². The minimum absolute atomic E-state index is 0.180. The van der Waals surface area contributed by atoms with E-state index in [1.54, 1.807) is 44.4 Å². The van der Waals surface area contributed by atoms with Crippen molar-refractivity contribution in [2.75, 3.05) is 20.8 Å². The maximum atomic E-state index is 13.3. The molecule has 5 nitrogen and oxygen atoms in total. The number of allylic oxidation sites excluding steroid dienone is 2. The molecule has 0 N–H and O–H groups in total. The molecule has 3 rings (SSSR count). The second kappa shape index (κ2) is 8.90. The van der Waals surface area contributed by atoms with E-state index in [4.69, 9.17) is 14.2 Å².